The van der Waals surface area contributed by atoms with Crippen LogP contribution in [0.3, 0.4) is 0 Å². The Morgan fingerprint density at radius 1 is 1.42 bits per heavy atom. The van der Waals surface area contributed by atoms with E-state index in [1.165, 1.54) is 6.42 Å². The van der Waals surface area contributed by atoms with Crippen molar-refractivity contribution in [2.75, 3.05) is 7.05 Å². The molecule has 0 unspecified atom stereocenters. The fourth-order valence-electron chi connectivity index (χ4n) is 3.13. The van der Waals surface area contributed by atoms with E-state index in [-0.39, 0.29) is 12.0 Å². The number of carboxylic acid groups (broad SMARTS) is 1. The van der Waals surface area contributed by atoms with Gasteiger partial charge in [-0.15, -0.1) is 0 Å². The van der Waals surface area contributed by atoms with Crippen LogP contribution in [0.5, 0.6) is 0 Å². The number of aliphatic carboxylic acids is 1. The van der Waals surface area contributed by atoms with Gasteiger partial charge in [0.15, 0.2) is 0 Å². The van der Waals surface area contributed by atoms with Crippen LogP contribution in [-0.2, 0) is 11.3 Å². The maximum absolute atomic E-state index is 11.2. The number of carboxylic acids is 1. The van der Waals surface area contributed by atoms with E-state index in [9.17, 15) is 9.90 Å². The molecule has 1 N–H and O–H groups in total. The van der Waals surface area contributed by atoms with E-state index in [1.807, 2.05) is 20.0 Å². The van der Waals surface area contributed by atoms with Crippen molar-refractivity contribution in [3.8, 4) is 0 Å². The van der Waals surface area contributed by atoms with Gasteiger partial charge in [0.25, 0.3) is 0 Å². The van der Waals surface area contributed by atoms with Gasteiger partial charge in [-0.25, -0.2) is 0 Å². The van der Waals surface area contributed by atoms with Gasteiger partial charge in [0.05, 0.1) is 19.2 Å². The van der Waals surface area contributed by atoms with E-state index in [0.717, 1.165) is 37.0 Å². The van der Waals surface area contributed by atoms with Crippen LogP contribution in [0.1, 0.15) is 49.8 Å². The van der Waals surface area contributed by atoms with Crippen molar-refractivity contribution >= 4 is 5.97 Å². The summed E-state index contributed by atoms with van der Waals surface area (Å²) in [6, 6.07) is 1.95. The highest BCUT2D eigenvalue weighted by Gasteiger charge is 2.38. The van der Waals surface area contributed by atoms with E-state index in [0.29, 0.717) is 6.54 Å². The first-order valence-electron chi connectivity index (χ1n) is 6.99. The summed E-state index contributed by atoms with van der Waals surface area (Å²) in [6.45, 7) is 2.71. The van der Waals surface area contributed by atoms with E-state index < -0.39 is 5.97 Å². The summed E-state index contributed by atoms with van der Waals surface area (Å²) in [5.41, 5.74) is 0.927. The Kier molecular flexibility index (Phi) is 4.30. The summed E-state index contributed by atoms with van der Waals surface area (Å²) < 4.78 is 5.49. The van der Waals surface area contributed by atoms with Crippen LogP contribution in [0.15, 0.2) is 16.7 Å². The summed E-state index contributed by atoms with van der Waals surface area (Å²) in [4.78, 5) is 13.4. The zero-order valence-corrected chi connectivity index (χ0v) is 11.8. The van der Waals surface area contributed by atoms with E-state index in [1.54, 1.807) is 6.26 Å². The molecule has 2 rings (SSSR count). The summed E-state index contributed by atoms with van der Waals surface area (Å²) in [5.74, 6) is 0.239. The molecule has 0 spiro atoms. The molecule has 1 aliphatic carbocycles. The van der Waals surface area contributed by atoms with Crippen LogP contribution in [0.4, 0.5) is 0 Å². The van der Waals surface area contributed by atoms with Crippen LogP contribution in [0, 0.1) is 6.92 Å². The highest BCUT2D eigenvalue weighted by molar-refractivity contribution is 5.68. The second kappa shape index (κ2) is 5.78. The molecule has 1 saturated carbocycles. The van der Waals surface area contributed by atoms with Gasteiger partial charge in [-0.2, -0.15) is 0 Å². The highest BCUT2D eigenvalue weighted by Crippen LogP contribution is 2.36. The molecular formula is C15H23NO3. The molecule has 1 aromatic rings. The first kappa shape index (κ1) is 14.1. The predicted octanol–water partition coefficient (Wildman–Crippen LogP) is 3.20. The molecule has 0 aromatic carbocycles. The van der Waals surface area contributed by atoms with Crippen LogP contribution in [0.2, 0.25) is 0 Å². The van der Waals surface area contributed by atoms with Crippen molar-refractivity contribution in [2.24, 2.45) is 0 Å². The molecule has 1 aromatic heterocycles. The Labute approximate surface area is 114 Å². The lowest BCUT2D eigenvalue weighted by Gasteiger charge is -2.43. The van der Waals surface area contributed by atoms with Gasteiger partial charge < -0.3 is 9.52 Å². The van der Waals surface area contributed by atoms with Gasteiger partial charge in [0.1, 0.15) is 5.76 Å². The molecule has 1 heterocycles. The fourth-order valence-corrected chi connectivity index (χ4v) is 3.13. The van der Waals surface area contributed by atoms with Crippen molar-refractivity contribution in [1.82, 2.24) is 4.90 Å². The number of carbonyl (C=O) groups is 1. The average Bonchev–Trinajstić information content (AvgIpc) is 2.75. The van der Waals surface area contributed by atoms with Gasteiger partial charge in [-0.3, -0.25) is 9.69 Å². The minimum absolute atomic E-state index is 0.205. The highest BCUT2D eigenvalue weighted by atomic mass is 16.4. The van der Waals surface area contributed by atoms with Gasteiger partial charge in [-0.1, -0.05) is 19.3 Å². The molecule has 19 heavy (non-hydrogen) atoms. The number of aryl methyl sites for hydroxylation is 1. The SMILES string of the molecule is Cc1ccoc1CN(C)C1(CC(=O)O)CCCCC1. The molecule has 0 saturated heterocycles. The molecule has 0 bridgehead atoms. The van der Waals surface area contributed by atoms with Gasteiger partial charge >= 0.3 is 5.97 Å². The molecule has 4 nitrogen and oxygen atoms in total. The Hall–Kier alpha value is -1.29. The monoisotopic (exact) mass is 265 g/mol. The molecule has 106 valence electrons. The molecule has 0 radical (unpaired) electrons. The molecule has 0 amide bonds. The van der Waals surface area contributed by atoms with Crippen LogP contribution in [0.25, 0.3) is 0 Å². The van der Waals surface area contributed by atoms with E-state index in [4.69, 9.17) is 4.42 Å². The summed E-state index contributed by atoms with van der Waals surface area (Å²) >= 11 is 0. The Bertz CT molecular complexity index is 432. The predicted molar refractivity (Wildman–Crippen MR) is 73.0 cm³/mol. The number of rotatable bonds is 5. The summed E-state index contributed by atoms with van der Waals surface area (Å²) in [5, 5.41) is 9.21. The van der Waals surface area contributed by atoms with Crippen LogP contribution < -0.4 is 0 Å². The fraction of sp³-hybridized carbons (Fsp3) is 0.667. The van der Waals surface area contributed by atoms with Gasteiger partial charge in [-0.05, 0) is 38.4 Å². The topological polar surface area (TPSA) is 53.7 Å². The number of nitrogens with zero attached hydrogens (tertiary/aromatic N) is 1. The first-order chi connectivity index (χ1) is 9.03. The number of hydrogen-bond donors (Lipinski definition) is 1. The molecule has 0 atom stereocenters. The van der Waals surface area contributed by atoms with Crippen LogP contribution >= 0.6 is 0 Å². The molecular weight excluding hydrogens is 242 g/mol. The Balaban J connectivity index is 2.13. The third kappa shape index (κ3) is 3.18. The smallest absolute Gasteiger partial charge is 0.305 e. The van der Waals surface area contributed by atoms with Crippen molar-refractivity contribution < 1.29 is 14.3 Å². The lowest BCUT2D eigenvalue weighted by atomic mass is 9.78. The standard InChI is InChI=1S/C15H23NO3/c1-12-6-9-19-13(12)11-16(2)15(10-14(17)18)7-4-3-5-8-15/h6,9H,3-5,7-8,10-11H2,1-2H3,(H,17,18). The number of furan rings is 1. The minimum Gasteiger partial charge on any atom is -0.481 e. The number of hydrogen-bond acceptors (Lipinski definition) is 3. The molecule has 4 heteroatoms. The first-order valence-corrected chi connectivity index (χ1v) is 6.99. The molecule has 0 aliphatic heterocycles. The third-order valence-electron chi connectivity index (χ3n) is 4.42. The Morgan fingerprint density at radius 3 is 2.63 bits per heavy atom. The normalized spacial score (nSPS) is 18.7. The van der Waals surface area contributed by atoms with Crippen molar-refractivity contribution in [3.05, 3.63) is 23.7 Å². The average molecular weight is 265 g/mol. The quantitative estimate of drug-likeness (QED) is 0.888. The third-order valence-corrected chi connectivity index (χ3v) is 4.42. The Morgan fingerprint density at radius 2 is 2.11 bits per heavy atom. The summed E-state index contributed by atoms with van der Waals surface area (Å²) in [7, 11) is 2.02. The lowest BCUT2D eigenvalue weighted by molar-refractivity contribution is -0.141. The van der Waals surface area contributed by atoms with Gasteiger partial charge in [0.2, 0.25) is 0 Å². The van der Waals surface area contributed by atoms with E-state index >= 15 is 0 Å². The second-order valence-electron chi connectivity index (χ2n) is 5.74. The zero-order valence-electron chi connectivity index (χ0n) is 11.8. The van der Waals surface area contributed by atoms with E-state index in [2.05, 4.69) is 4.90 Å². The molecule has 1 fully saturated rings. The lowest BCUT2D eigenvalue weighted by Crippen LogP contribution is -2.49. The minimum atomic E-state index is -0.704. The van der Waals surface area contributed by atoms with Crippen LogP contribution in [-0.4, -0.2) is 28.6 Å². The zero-order chi connectivity index (χ0) is 13.9. The van der Waals surface area contributed by atoms with Crippen molar-refractivity contribution in [1.29, 1.82) is 0 Å². The molecule has 1 aliphatic rings. The summed E-state index contributed by atoms with van der Waals surface area (Å²) in [6.07, 6.45) is 7.32. The van der Waals surface area contributed by atoms with Crippen molar-refractivity contribution in [3.63, 3.8) is 0 Å². The maximum atomic E-state index is 11.2. The van der Waals surface area contributed by atoms with Gasteiger partial charge in [0, 0.05) is 5.54 Å². The van der Waals surface area contributed by atoms with Crippen molar-refractivity contribution in [2.45, 2.75) is 57.5 Å². The largest absolute Gasteiger partial charge is 0.481 e. The second-order valence-corrected chi connectivity index (χ2v) is 5.74. The maximum Gasteiger partial charge on any atom is 0.305 e.